The number of nitrogens with one attached hydrogen (secondary N) is 1. The third-order valence-electron chi connectivity index (χ3n) is 3.82. The van der Waals surface area contributed by atoms with Gasteiger partial charge in [-0.05, 0) is 57.3 Å². The Balaban J connectivity index is 1.94. The van der Waals surface area contributed by atoms with E-state index in [1.165, 1.54) is 31.4 Å². The van der Waals surface area contributed by atoms with Crippen molar-refractivity contribution in [1.82, 2.24) is 10.2 Å². The molecule has 3 heteroatoms. The molecule has 0 aliphatic heterocycles. The lowest BCUT2D eigenvalue weighted by atomic mass is 10.1. The van der Waals surface area contributed by atoms with Crippen LogP contribution in [0.3, 0.4) is 0 Å². The molecule has 0 atom stereocenters. The van der Waals surface area contributed by atoms with Crippen molar-refractivity contribution in [2.24, 2.45) is 5.92 Å². The van der Waals surface area contributed by atoms with E-state index in [1.54, 1.807) is 0 Å². The van der Waals surface area contributed by atoms with Crippen LogP contribution in [0.15, 0.2) is 10.5 Å². The molecule has 1 aromatic rings. The highest BCUT2D eigenvalue weighted by atomic mass is 16.3. The Labute approximate surface area is 117 Å². The van der Waals surface area contributed by atoms with Crippen LogP contribution in [0.5, 0.6) is 0 Å². The van der Waals surface area contributed by atoms with Crippen LogP contribution < -0.4 is 5.32 Å². The Morgan fingerprint density at radius 2 is 2.16 bits per heavy atom. The average molecular weight is 264 g/mol. The van der Waals surface area contributed by atoms with Gasteiger partial charge in [0.1, 0.15) is 11.5 Å². The maximum atomic E-state index is 5.97. The van der Waals surface area contributed by atoms with E-state index in [9.17, 15) is 0 Å². The lowest BCUT2D eigenvalue weighted by Gasteiger charge is -2.21. The first kappa shape index (κ1) is 14.6. The molecule has 19 heavy (non-hydrogen) atoms. The molecular formula is C16H28N2O. The highest BCUT2D eigenvalue weighted by Gasteiger charge is 2.29. The minimum absolute atomic E-state index is 0.777. The molecule has 0 bridgehead atoms. The smallest absolute Gasteiger partial charge is 0.120 e. The molecule has 0 radical (unpaired) electrons. The fourth-order valence-electron chi connectivity index (χ4n) is 2.46. The van der Waals surface area contributed by atoms with Gasteiger partial charge in [-0.2, -0.15) is 0 Å². The first-order valence-electron chi connectivity index (χ1n) is 7.57. The van der Waals surface area contributed by atoms with Crippen LogP contribution in [0.1, 0.15) is 50.2 Å². The summed E-state index contributed by atoms with van der Waals surface area (Å²) in [5, 5.41) is 3.16. The largest absolute Gasteiger partial charge is 0.463 e. The van der Waals surface area contributed by atoms with Crippen LogP contribution in [0.25, 0.3) is 0 Å². The molecule has 0 amide bonds. The van der Waals surface area contributed by atoms with Gasteiger partial charge >= 0.3 is 0 Å². The molecule has 1 N–H and O–H groups in total. The summed E-state index contributed by atoms with van der Waals surface area (Å²) < 4.78 is 5.97. The molecule has 3 nitrogen and oxygen atoms in total. The molecule has 2 rings (SSSR count). The second kappa shape index (κ2) is 6.58. The summed E-state index contributed by atoms with van der Waals surface area (Å²) in [6, 6.07) is 3.01. The van der Waals surface area contributed by atoms with E-state index in [-0.39, 0.29) is 0 Å². The summed E-state index contributed by atoms with van der Waals surface area (Å²) in [6.45, 7) is 9.72. The number of rotatable bonds is 8. The Kier molecular flexibility index (Phi) is 5.06. The van der Waals surface area contributed by atoms with Crippen molar-refractivity contribution < 1.29 is 4.42 Å². The minimum atomic E-state index is 0.777. The first-order chi connectivity index (χ1) is 9.10. The number of hydrogen-bond acceptors (Lipinski definition) is 3. The molecule has 1 aliphatic rings. The van der Waals surface area contributed by atoms with Crippen LogP contribution in [0.4, 0.5) is 0 Å². The molecule has 108 valence electrons. The number of hydrogen-bond donors (Lipinski definition) is 1. The van der Waals surface area contributed by atoms with Gasteiger partial charge in [-0.1, -0.05) is 13.8 Å². The fourth-order valence-corrected chi connectivity index (χ4v) is 2.46. The maximum Gasteiger partial charge on any atom is 0.120 e. The SMILES string of the molecule is CNCc1oc(CN(CCC(C)C)C2CC2)cc1C. The highest BCUT2D eigenvalue weighted by Crippen LogP contribution is 2.29. The molecule has 1 aromatic heterocycles. The zero-order valence-electron chi connectivity index (χ0n) is 12.8. The fraction of sp³-hybridized carbons (Fsp3) is 0.750. The predicted molar refractivity (Wildman–Crippen MR) is 79.1 cm³/mol. The van der Waals surface area contributed by atoms with Crippen molar-refractivity contribution in [3.8, 4) is 0 Å². The van der Waals surface area contributed by atoms with Crippen molar-refractivity contribution in [2.75, 3.05) is 13.6 Å². The molecular weight excluding hydrogens is 236 g/mol. The van der Waals surface area contributed by atoms with Crippen LogP contribution in [-0.4, -0.2) is 24.5 Å². The summed E-state index contributed by atoms with van der Waals surface area (Å²) in [5.74, 6) is 2.98. The Bertz CT molecular complexity index is 393. The van der Waals surface area contributed by atoms with E-state index in [0.29, 0.717) is 0 Å². The van der Waals surface area contributed by atoms with Gasteiger partial charge in [-0.15, -0.1) is 0 Å². The Hall–Kier alpha value is -0.800. The highest BCUT2D eigenvalue weighted by molar-refractivity contribution is 5.20. The molecule has 0 saturated heterocycles. The monoisotopic (exact) mass is 264 g/mol. The van der Waals surface area contributed by atoms with Crippen molar-refractivity contribution in [1.29, 1.82) is 0 Å². The molecule has 1 saturated carbocycles. The number of nitrogens with zero attached hydrogens (tertiary/aromatic N) is 1. The summed E-state index contributed by atoms with van der Waals surface area (Å²) in [4.78, 5) is 2.60. The molecule has 1 aliphatic carbocycles. The topological polar surface area (TPSA) is 28.4 Å². The number of furan rings is 1. The van der Waals surface area contributed by atoms with Crippen molar-refractivity contribution >= 4 is 0 Å². The summed E-state index contributed by atoms with van der Waals surface area (Å²) in [6.07, 6.45) is 4.00. The minimum Gasteiger partial charge on any atom is -0.463 e. The van der Waals surface area contributed by atoms with Gasteiger partial charge in [0.05, 0.1) is 13.1 Å². The quantitative estimate of drug-likeness (QED) is 0.781. The zero-order chi connectivity index (χ0) is 13.8. The van der Waals surface area contributed by atoms with Crippen LogP contribution in [-0.2, 0) is 13.1 Å². The summed E-state index contributed by atoms with van der Waals surface area (Å²) in [7, 11) is 1.96. The van der Waals surface area contributed by atoms with Gasteiger partial charge in [0, 0.05) is 6.04 Å². The van der Waals surface area contributed by atoms with Crippen molar-refractivity contribution in [3.05, 3.63) is 23.2 Å². The van der Waals surface area contributed by atoms with E-state index in [4.69, 9.17) is 4.42 Å². The summed E-state index contributed by atoms with van der Waals surface area (Å²) in [5.41, 5.74) is 1.27. The van der Waals surface area contributed by atoms with Gasteiger partial charge in [0.2, 0.25) is 0 Å². The predicted octanol–water partition coefficient (Wildman–Crippen LogP) is 3.32. The van der Waals surface area contributed by atoms with E-state index in [2.05, 4.69) is 37.1 Å². The van der Waals surface area contributed by atoms with E-state index < -0.39 is 0 Å². The molecule has 0 unspecified atom stereocenters. The van der Waals surface area contributed by atoms with Crippen molar-refractivity contribution in [2.45, 2.75) is 59.2 Å². The van der Waals surface area contributed by atoms with Crippen LogP contribution >= 0.6 is 0 Å². The molecule has 1 fully saturated rings. The van der Waals surface area contributed by atoms with Gasteiger partial charge in [0.15, 0.2) is 0 Å². The molecule has 0 spiro atoms. The molecule has 1 heterocycles. The lowest BCUT2D eigenvalue weighted by molar-refractivity contribution is 0.219. The average Bonchev–Trinajstić information content (AvgIpc) is 3.12. The normalized spacial score (nSPS) is 15.7. The zero-order valence-corrected chi connectivity index (χ0v) is 12.8. The third-order valence-corrected chi connectivity index (χ3v) is 3.82. The van der Waals surface area contributed by atoms with Crippen LogP contribution in [0, 0.1) is 12.8 Å². The molecule has 0 aromatic carbocycles. The van der Waals surface area contributed by atoms with Gasteiger partial charge < -0.3 is 9.73 Å². The second-order valence-corrected chi connectivity index (χ2v) is 6.23. The summed E-state index contributed by atoms with van der Waals surface area (Å²) >= 11 is 0. The van der Waals surface area contributed by atoms with Gasteiger partial charge in [-0.3, -0.25) is 4.90 Å². The Morgan fingerprint density at radius 1 is 1.42 bits per heavy atom. The van der Waals surface area contributed by atoms with Gasteiger partial charge in [0.25, 0.3) is 0 Å². The maximum absolute atomic E-state index is 5.97. The number of aryl methyl sites for hydroxylation is 1. The van der Waals surface area contributed by atoms with Gasteiger partial charge in [-0.25, -0.2) is 0 Å². The Morgan fingerprint density at radius 3 is 2.74 bits per heavy atom. The first-order valence-corrected chi connectivity index (χ1v) is 7.57. The van der Waals surface area contributed by atoms with E-state index >= 15 is 0 Å². The standard InChI is InChI=1S/C16H28N2O/c1-12(2)7-8-18(14-5-6-14)11-15-9-13(3)16(19-15)10-17-4/h9,12,14,17H,5-8,10-11H2,1-4H3. The van der Waals surface area contributed by atoms with Crippen molar-refractivity contribution in [3.63, 3.8) is 0 Å². The third kappa shape index (κ3) is 4.36. The lowest BCUT2D eigenvalue weighted by Crippen LogP contribution is -2.27. The van der Waals surface area contributed by atoms with E-state index in [1.807, 2.05) is 7.05 Å². The van der Waals surface area contributed by atoms with Crippen LogP contribution in [0.2, 0.25) is 0 Å². The van der Waals surface area contributed by atoms with E-state index in [0.717, 1.165) is 36.6 Å². The second-order valence-electron chi connectivity index (χ2n) is 6.23.